The standard InChI is InChI=1S/C13H10N6O/c14-6-8-7-15-19-13(8)18-12(20)5-11-16-9-3-1-2-4-10(9)17-11/h1-4,7H,5H2,(H,16,17)(H2,15,18,19,20). The molecule has 3 aromatic rings. The van der Waals surface area contributed by atoms with Crippen molar-refractivity contribution in [2.75, 3.05) is 5.32 Å². The van der Waals surface area contributed by atoms with Crippen LogP contribution in [0.15, 0.2) is 30.5 Å². The van der Waals surface area contributed by atoms with Crippen molar-refractivity contribution in [1.82, 2.24) is 20.2 Å². The number of hydrogen-bond donors (Lipinski definition) is 3. The van der Waals surface area contributed by atoms with Crippen LogP contribution in [0.4, 0.5) is 5.82 Å². The molecule has 3 rings (SSSR count). The van der Waals surface area contributed by atoms with Crippen LogP contribution in [0.1, 0.15) is 11.4 Å². The van der Waals surface area contributed by atoms with Crippen LogP contribution in [0.3, 0.4) is 0 Å². The Balaban J connectivity index is 1.74. The molecule has 20 heavy (non-hydrogen) atoms. The molecule has 7 nitrogen and oxygen atoms in total. The molecule has 0 spiro atoms. The molecular weight excluding hydrogens is 256 g/mol. The van der Waals surface area contributed by atoms with E-state index in [4.69, 9.17) is 5.26 Å². The van der Waals surface area contributed by atoms with Crippen molar-refractivity contribution in [3.05, 3.63) is 41.9 Å². The molecule has 0 aliphatic rings. The smallest absolute Gasteiger partial charge is 0.233 e. The van der Waals surface area contributed by atoms with E-state index in [0.29, 0.717) is 17.2 Å². The van der Waals surface area contributed by atoms with E-state index in [1.807, 2.05) is 30.3 Å². The van der Waals surface area contributed by atoms with Crippen molar-refractivity contribution in [2.24, 2.45) is 0 Å². The lowest BCUT2D eigenvalue weighted by Gasteiger charge is -2.00. The number of hydrogen-bond acceptors (Lipinski definition) is 4. The predicted molar refractivity (Wildman–Crippen MR) is 71.7 cm³/mol. The van der Waals surface area contributed by atoms with Gasteiger partial charge in [0, 0.05) is 0 Å². The minimum atomic E-state index is -0.273. The predicted octanol–water partition coefficient (Wildman–Crippen LogP) is 1.34. The Bertz CT molecular complexity index is 776. The maximum absolute atomic E-state index is 11.9. The maximum Gasteiger partial charge on any atom is 0.233 e. The first kappa shape index (κ1) is 11.9. The summed E-state index contributed by atoms with van der Waals surface area (Å²) in [6.07, 6.45) is 1.45. The summed E-state index contributed by atoms with van der Waals surface area (Å²) in [5, 5.41) is 17.7. The zero-order valence-corrected chi connectivity index (χ0v) is 10.3. The Morgan fingerprint density at radius 2 is 2.25 bits per heavy atom. The first-order valence-electron chi connectivity index (χ1n) is 5.93. The minimum absolute atomic E-state index is 0.0958. The van der Waals surface area contributed by atoms with Crippen molar-refractivity contribution in [3.63, 3.8) is 0 Å². The number of nitrogens with one attached hydrogen (secondary N) is 3. The van der Waals surface area contributed by atoms with Gasteiger partial charge in [-0.25, -0.2) is 4.98 Å². The van der Waals surface area contributed by atoms with Gasteiger partial charge in [0.15, 0.2) is 0 Å². The quantitative estimate of drug-likeness (QED) is 0.664. The third-order valence-corrected chi connectivity index (χ3v) is 2.79. The van der Waals surface area contributed by atoms with E-state index in [9.17, 15) is 4.79 Å². The highest BCUT2D eigenvalue weighted by atomic mass is 16.1. The second-order valence-electron chi connectivity index (χ2n) is 4.20. The fourth-order valence-electron chi connectivity index (χ4n) is 1.89. The van der Waals surface area contributed by atoms with E-state index < -0.39 is 0 Å². The van der Waals surface area contributed by atoms with Crippen molar-refractivity contribution >= 4 is 22.8 Å². The molecule has 1 amide bonds. The topological polar surface area (TPSA) is 110 Å². The van der Waals surface area contributed by atoms with Crippen molar-refractivity contribution < 1.29 is 4.79 Å². The van der Waals surface area contributed by atoms with Crippen molar-refractivity contribution in [1.29, 1.82) is 5.26 Å². The third-order valence-electron chi connectivity index (χ3n) is 2.79. The van der Waals surface area contributed by atoms with Gasteiger partial charge in [-0.15, -0.1) is 0 Å². The van der Waals surface area contributed by atoms with Gasteiger partial charge in [0.1, 0.15) is 23.3 Å². The van der Waals surface area contributed by atoms with Crippen LogP contribution in [0.2, 0.25) is 0 Å². The molecule has 0 radical (unpaired) electrons. The number of rotatable bonds is 3. The summed E-state index contributed by atoms with van der Waals surface area (Å²) in [6.45, 7) is 0. The highest BCUT2D eigenvalue weighted by Gasteiger charge is 2.11. The van der Waals surface area contributed by atoms with Gasteiger partial charge >= 0.3 is 0 Å². The van der Waals surface area contributed by atoms with E-state index >= 15 is 0 Å². The van der Waals surface area contributed by atoms with Gasteiger partial charge in [-0.05, 0) is 12.1 Å². The first-order chi connectivity index (χ1) is 9.76. The molecule has 0 saturated heterocycles. The Morgan fingerprint density at radius 3 is 3.05 bits per heavy atom. The summed E-state index contributed by atoms with van der Waals surface area (Å²) < 4.78 is 0. The number of fused-ring (bicyclic) bond motifs is 1. The average molecular weight is 266 g/mol. The summed E-state index contributed by atoms with van der Waals surface area (Å²) in [4.78, 5) is 19.3. The number of amides is 1. The van der Waals surface area contributed by atoms with Gasteiger partial charge in [0.05, 0.1) is 23.7 Å². The largest absolute Gasteiger partial charge is 0.342 e. The number of aromatic nitrogens is 4. The number of carbonyl (C=O) groups excluding carboxylic acids is 1. The van der Waals surface area contributed by atoms with Gasteiger partial charge in [-0.2, -0.15) is 10.4 Å². The fraction of sp³-hybridized carbons (Fsp3) is 0.0769. The molecule has 0 atom stereocenters. The number of carbonyl (C=O) groups is 1. The Morgan fingerprint density at radius 1 is 1.40 bits per heavy atom. The number of para-hydroxylation sites is 2. The summed E-state index contributed by atoms with van der Waals surface area (Å²) >= 11 is 0. The van der Waals surface area contributed by atoms with E-state index in [-0.39, 0.29) is 12.3 Å². The number of anilines is 1. The zero-order valence-electron chi connectivity index (χ0n) is 10.3. The fourth-order valence-corrected chi connectivity index (χ4v) is 1.89. The molecule has 0 bridgehead atoms. The Kier molecular flexibility index (Phi) is 2.89. The zero-order chi connectivity index (χ0) is 13.9. The number of imidazole rings is 1. The molecular formula is C13H10N6O. The number of nitrogens with zero attached hydrogens (tertiary/aromatic N) is 3. The first-order valence-corrected chi connectivity index (χ1v) is 5.93. The number of nitriles is 1. The highest BCUT2D eigenvalue weighted by Crippen LogP contribution is 2.12. The summed E-state index contributed by atoms with van der Waals surface area (Å²) in [5.41, 5.74) is 1.99. The number of benzene rings is 1. The second-order valence-corrected chi connectivity index (χ2v) is 4.20. The minimum Gasteiger partial charge on any atom is -0.342 e. The van der Waals surface area contributed by atoms with Gasteiger partial charge < -0.3 is 10.3 Å². The lowest BCUT2D eigenvalue weighted by Crippen LogP contribution is -2.16. The van der Waals surface area contributed by atoms with Crippen LogP contribution in [0.25, 0.3) is 11.0 Å². The molecule has 3 N–H and O–H groups in total. The highest BCUT2D eigenvalue weighted by molar-refractivity contribution is 5.92. The molecule has 0 aliphatic heterocycles. The maximum atomic E-state index is 11.9. The summed E-state index contributed by atoms with van der Waals surface area (Å²) in [7, 11) is 0. The van der Waals surface area contributed by atoms with Crippen LogP contribution in [0, 0.1) is 11.3 Å². The van der Waals surface area contributed by atoms with Gasteiger partial charge in [-0.1, -0.05) is 12.1 Å². The summed E-state index contributed by atoms with van der Waals surface area (Å²) in [6, 6.07) is 9.48. The Hall–Kier alpha value is -3.14. The van der Waals surface area contributed by atoms with Crippen LogP contribution in [-0.2, 0) is 11.2 Å². The lowest BCUT2D eigenvalue weighted by atomic mass is 10.3. The van der Waals surface area contributed by atoms with Gasteiger partial charge in [0.2, 0.25) is 5.91 Å². The molecule has 1 aromatic carbocycles. The molecule has 0 saturated carbocycles. The van der Waals surface area contributed by atoms with Crippen LogP contribution < -0.4 is 5.32 Å². The third kappa shape index (κ3) is 2.22. The van der Waals surface area contributed by atoms with Gasteiger partial charge in [0.25, 0.3) is 0 Å². The summed E-state index contributed by atoms with van der Waals surface area (Å²) in [5.74, 6) is 0.597. The van der Waals surface area contributed by atoms with E-state index in [2.05, 4.69) is 25.5 Å². The van der Waals surface area contributed by atoms with Crippen LogP contribution in [-0.4, -0.2) is 26.1 Å². The normalized spacial score (nSPS) is 10.3. The van der Waals surface area contributed by atoms with Crippen LogP contribution in [0.5, 0.6) is 0 Å². The Labute approximate surface area is 113 Å². The molecule has 2 heterocycles. The van der Waals surface area contributed by atoms with Gasteiger partial charge in [-0.3, -0.25) is 9.89 Å². The monoisotopic (exact) mass is 266 g/mol. The molecule has 0 fully saturated rings. The molecule has 0 aliphatic carbocycles. The second kappa shape index (κ2) is 4.85. The lowest BCUT2D eigenvalue weighted by molar-refractivity contribution is -0.115. The van der Waals surface area contributed by atoms with Crippen molar-refractivity contribution in [3.8, 4) is 6.07 Å². The van der Waals surface area contributed by atoms with Crippen molar-refractivity contribution in [2.45, 2.75) is 6.42 Å². The molecule has 2 aromatic heterocycles. The van der Waals surface area contributed by atoms with E-state index in [1.165, 1.54) is 6.20 Å². The molecule has 98 valence electrons. The average Bonchev–Trinajstić information content (AvgIpc) is 3.03. The van der Waals surface area contributed by atoms with E-state index in [0.717, 1.165) is 11.0 Å². The molecule has 7 heteroatoms. The number of aromatic amines is 2. The van der Waals surface area contributed by atoms with Crippen LogP contribution >= 0.6 is 0 Å². The number of H-pyrrole nitrogens is 2. The molecule has 0 unspecified atom stereocenters. The van der Waals surface area contributed by atoms with E-state index in [1.54, 1.807) is 0 Å². The SMILES string of the molecule is N#Cc1cn[nH]c1NC(=O)Cc1nc2ccccc2[nH]1.